The summed E-state index contributed by atoms with van der Waals surface area (Å²) in [7, 11) is 1.66. The van der Waals surface area contributed by atoms with Crippen LogP contribution < -0.4 is 0 Å². The van der Waals surface area contributed by atoms with E-state index in [9.17, 15) is 14.7 Å². The smallest absolute Gasteiger partial charge is 0.303 e. The van der Waals surface area contributed by atoms with Gasteiger partial charge < -0.3 is 19.3 Å². The molecule has 0 spiro atoms. The van der Waals surface area contributed by atoms with Crippen molar-refractivity contribution >= 4 is 11.8 Å². The number of rotatable bonds is 2. The lowest BCUT2D eigenvalue weighted by atomic mass is 9.40. The highest BCUT2D eigenvalue weighted by atomic mass is 16.6. The lowest BCUT2D eigenvalue weighted by molar-refractivity contribution is -0.332. The van der Waals surface area contributed by atoms with Crippen LogP contribution in [0.4, 0.5) is 0 Å². The average molecular weight is 449 g/mol. The van der Waals surface area contributed by atoms with Crippen LogP contribution in [0.3, 0.4) is 0 Å². The molecule has 4 rings (SSSR count). The number of hydrogen-bond donors (Lipinski definition) is 1. The Balaban J connectivity index is 2.02. The molecule has 1 N–H and O–H groups in total. The van der Waals surface area contributed by atoms with Crippen LogP contribution in [-0.2, 0) is 23.8 Å². The number of esters is 1. The van der Waals surface area contributed by atoms with Crippen molar-refractivity contribution in [3.8, 4) is 0 Å². The van der Waals surface area contributed by atoms with Crippen molar-refractivity contribution in [1.29, 1.82) is 0 Å². The molecular formula is C26H40O6. The molecule has 1 aliphatic heterocycles. The summed E-state index contributed by atoms with van der Waals surface area (Å²) < 4.78 is 17.8. The summed E-state index contributed by atoms with van der Waals surface area (Å²) >= 11 is 0. The third-order valence-corrected chi connectivity index (χ3v) is 10.2. The second kappa shape index (κ2) is 7.13. The Morgan fingerprint density at radius 2 is 1.81 bits per heavy atom. The summed E-state index contributed by atoms with van der Waals surface area (Å²) in [6.07, 6.45) is 0.585. The van der Waals surface area contributed by atoms with Crippen LogP contribution in [0.5, 0.6) is 0 Å². The Morgan fingerprint density at radius 3 is 2.31 bits per heavy atom. The fourth-order valence-electron chi connectivity index (χ4n) is 8.43. The van der Waals surface area contributed by atoms with E-state index in [0.717, 1.165) is 11.1 Å². The van der Waals surface area contributed by atoms with Gasteiger partial charge in [0.2, 0.25) is 0 Å². The van der Waals surface area contributed by atoms with Crippen LogP contribution in [0, 0.1) is 34.5 Å². The van der Waals surface area contributed by atoms with Crippen LogP contribution in [0.25, 0.3) is 0 Å². The van der Waals surface area contributed by atoms with Crippen molar-refractivity contribution in [2.75, 3.05) is 13.7 Å². The molecule has 5 unspecified atom stereocenters. The van der Waals surface area contributed by atoms with Crippen LogP contribution >= 0.6 is 0 Å². The molecule has 6 heteroatoms. The summed E-state index contributed by atoms with van der Waals surface area (Å²) in [5, 5.41) is 12.5. The Hall–Kier alpha value is -1.24. The van der Waals surface area contributed by atoms with E-state index < -0.39 is 22.0 Å². The molecule has 4 aliphatic rings. The molecule has 2 bridgehead atoms. The Kier molecular flexibility index (Phi) is 5.33. The predicted octanol–water partition coefficient (Wildman–Crippen LogP) is 3.70. The Bertz CT molecular complexity index is 876. The summed E-state index contributed by atoms with van der Waals surface area (Å²) in [4.78, 5) is 26.7. The van der Waals surface area contributed by atoms with Crippen molar-refractivity contribution in [1.82, 2.24) is 0 Å². The molecule has 6 nitrogen and oxygen atoms in total. The van der Waals surface area contributed by atoms with E-state index >= 15 is 0 Å². The molecule has 32 heavy (non-hydrogen) atoms. The topological polar surface area (TPSA) is 82.1 Å². The third-order valence-electron chi connectivity index (χ3n) is 10.2. The molecule has 0 amide bonds. The van der Waals surface area contributed by atoms with Crippen LogP contribution in [0.2, 0.25) is 0 Å². The average Bonchev–Trinajstić information content (AvgIpc) is 2.70. The predicted molar refractivity (Wildman–Crippen MR) is 120 cm³/mol. The molecule has 1 heterocycles. The fourth-order valence-corrected chi connectivity index (χ4v) is 8.43. The minimum absolute atomic E-state index is 0.0311. The first-order chi connectivity index (χ1) is 14.7. The molecule has 180 valence electrons. The number of carbonyl (C=O) groups is 2. The molecule has 0 aromatic carbocycles. The fraction of sp³-hybridized carbons (Fsp3) is 0.846. The van der Waals surface area contributed by atoms with Gasteiger partial charge in [-0.25, -0.2) is 0 Å². The molecule has 0 radical (unpaired) electrons. The second-order valence-electron chi connectivity index (χ2n) is 11.7. The maximum absolute atomic E-state index is 14.4. The quantitative estimate of drug-likeness (QED) is 0.512. The van der Waals surface area contributed by atoms with E-state index in [2.05, 4.69) is 20.8 Å². The van der Waals surface area contributed by atoms with Gasteiger partial charge in [0.25, 0.3) is 0 Å². The summed E-state index contributed by atoms with van der Waals surface area (Å²) in [6.45, 7) is 16.0. The van der Waals surface area contributed by atoms with E-state index in [1.165, 1.54) is 6.92 Å². The van der Waals surface area contributed by atoms with Gasteiger partial charge in [-0.3, -0.25) is 9.59 Å². The molecule has 0 aromatic heterocycles. The first kappa shape index (κ1) is 23.9. The van der Waals surface area contributed by atoms with Gasteiger partial charge in [-0.15, -0.1) is 0 Å². The minimum Gasteiger partial charge on any atom is -0.454 e. The van der Waals surface area contributed by atoms with Crippen molar-refractivity contribution < 1.29 is 28.9 Å². The second-order valence-corrected chi connectivity index (χ2v) is 11.7. The summed E-state index contributed by atoms with van der Waals surface area (Å²) in [5.41, 5.74) is -1.39. The zero-order chi connectivity index (χ0) is 24.0. The van der Waals surface area contributed by atoms with Gasteiger partial charge in [-0.05, 0) is 36.3 Å². The zero-order valence-electron chi connectivity index (χ0n) is 21.1. The molecule has 3 aliphatic carbocycles. The SMILES string of the molecule is COC1CC2(O)[C@@H](C)C3C4(OC(C)=O)COC4C[C@H](C)[C@@]3(C)C(=O)[C@H](C)C(=C1C)C2(C)C. The number of Topliss-reactive ketones (excluding diaryl/α,β-unsaturated/α-hetero) is 1. The highest BCUT2D eigenvalue weighted by molar-refractivity contribution is 5.91. The largest absolute Gasteiger partial charge is 0.454 e. The Labute approximate surface area is 192 Å². The minimum atomic E-state index is -1.15. The number of aliphatic hydroxyl groups is 1. The van der Waals surface area contributed by atoms with Crippen LogP contribution in [0.15, 0.2) is 11.1 Å². The van der Waals surface area contributed by atoms with Gasteiger partial charge in [0.05, 0.1) is 18.3 Å². The number of ether oxygens (including phenoxy) is 3. The summed E-state index contributed by atoms with van der Waals surface area (Å²) in [6, 6.07) is 0. The molecule has 3 fully saturated rings. The zero-order valence-corrected chi connectivity index (χ0v) is 21.1. The van der Waals surface area contributed by atoms with Gasteiger partial charge in [0.15, 0.2) is 5.60 Å². The van der Waals surface area contributed by atoms with Gasteiger partial charge in [0.1, 0.15) is 11.9 Å². The summed E-state index contributed by atoms with van der Waals surface area (Å²) in [5.74, 6) is -1.23. The van der Waals surface area contributed by atoms with Gasteiger partial charge >= 0.3 is 5.97 Å². The highest BCUT2D eigenvalue weighted by Gasteiger charge is 2.74. The van der Waals surface area contributed by atoms with E-state index in [0.29, 0.717) is 12.8 Å². The van der Waals surface area contributed by atoms with Crippen molar-refractivity contribution in [2.45, 2.75) is 91.6 Å². The maximum atomic E-state index is 14.4. The molecule has 2 saturated carbocycles. The molecule has 0 aromatic rings. The third kappa shape index (κ3) is 2.63. The van der Waals surface area contributed by atoms with Crippen LogP contribution in [-0.4, -0.2) is 54.0 Å². The highest BCUT2D eigenvalue weighted by Crippen LogP contribution is 2.67. The number of carbonyl (C=O) groups excluding carboxylic acids is 2. The van der Waals surface area contributed by atoms with Crippen molar-refractivity contribution in [3.63, 3.8) is 0 Å². The number of ketones is 1. The van der Waals surface area contributed by atoms with E-state index in [1.54, 1.807) is 7.11 Å². The lowest BCUT2D eigenvalue weighted by Gasteiger charge is -2.68. The number of fused-ring (bicyclic) bond motifs is 5. The molecule has 9 atom stereocenters. The van der Waals surface area contributed by atoms with Crippen molar-refractivity contribution in [3.05, 3.63) is 11.1 Å². The maximum Gasteiger partial charge on any atom is 0.303 e. The normalized spacial score (nSPS) is 49.9. The first-order valence-corrected chi connectivity index (χ1v) is 12.0. The van der Waals surface area contributed by atoms with Gasteiger partial charge in [0, 0.05) is 43.1 Å². The van der Waals surface area contributed by atoms with Gasteiger partial charge in [-0.2, -0.15) is 0 Å². The standard InChI is InChI=1S/C26H40O6/c1-13-10-19-25(12-31-19,32-17(5)27)21-16(4)26(29)11-18(30-9)14(2)20(23(26,6)7)15(3)22(28)24(13,21)8/h13,15-16,18-19,21,29H,10-12H2,1-9H3/t13-,15+,16-,18?,19?,21?,24+,25?,26?/m0/s1. The number of hydrogen-bond acceptors (Lipinski definition) is 6. The van der Waals surface area contributed by atoms with Crippen LogP contribution in [0.1, 0.15) is 68.2 Å². The van der Waals surface area contributed by atoms with E-state index in [-0.39, 0.29) is 54.2 Å². The Morgan fingerprint density at radius 1 is 1.19 bits per heavy atom. The van der Waals surface area contributed by atoms with Crippen molar-refractivity contribution in [2.24, 2.45) is 34.5 Å². The van der Waals surface area contributed by atoms with E-state index in [4.69, 9.17) is 14.2 Å². The monoisotopic (exact) mass is 448 g/mol. The lowest BCUT2D eigenvalue weighted by Crippen LogP contribution is -2.78. The van der Waals surface area contributed by atoms with E-state index in [1.807, 2.05) is 27.7 Å². The molecule has 1 saturated heterocycles. The number of methoxy groups -OCH3 is 1. The van der Waals surface area contributed by atoms with Gasteiger partial charge in [-0.1, -0.05) is 41.5 Å². The first-order valence-electron chi connectivity index (χ1n) is 12.0. The molecular weight excluding hydrogens is 408 g/mol.